The Kier molecular flexibility index (Phi) is 1.44. The van der Waals surface area contributed by atoms with Crippen molar-refractivity contribution in [1.29, 1.82) is 0 Å². The van der Waals surface area contributed by atoms with E-state index in [1.54, 1.807) is 0 Å². The van der Waals surface area contributed by atoms with Crippen molar-refractivity contribution in [3.63, 3.8) is 0 Å². The molecule has 0 saturated carbocycles. The summed E-state index contributed by atoms with van der Waals surface area (Å²) in [6.45, 7) is 2.07. The number of nitrogens with two attached hydrogens (primary N) is 1. The zero-order chi connectivity index (χ0) is 10.4. The summed E-state index contributed by atoms with van der Waals surface area (Å²) in [5, 5.41) is 11.0. The molecule has 1 aliphatic heterocycles. The summed E-state index contributed by atoms with van der Waals surface area (Å²) in [5.74, 6) is 1.92. The van der Waals surface area contributed by atoms with Gasteiger partial charge in [-0.1, -0.05) is 0 Å². The summed E-state index contributed by atoms with van der Waals surface area (Å²) in [6, 6.07) is 1.84. The maximum absolute atomic E-state index is 5.66. The molecule has 0 fully saturated rings. The third-order valence-electron chi connectivity index (χ3n) is 2.14. The number of hydrogen-bond donors (Lipinski definition) is 2. The number of nitrogens with one attached hydrogen (secondary N) is 1. The van der Waals surface area contributed by atoms with Gasteiger partial charge in [0.05, 0.1) is 0 Å². The molecule has 3 rings (SSSR count). The van der Waals surface area contributed by atoms with Crippen molar-refractivity contribution in [1.82, 2.24) is 20.0 Å². The fourth-order valence-corrected chi connectivity index (χ4v) is 1.48. The maximum atomic E-state index is 5.66. The summed E-state index contributed by atoms with van der Waals surface area (Å²) in [7, 11) is 0. The topological polar surface area (TPSA) is 91.0 Å². The van der Waals surface area contributed by atoms with Gasteiger partial charge in [0, 0.05) is 11.8 Å². The molecule has 0 bridgehead atoms. The van der Waals surface area contributed by atoms with Crippen LogP contribution in [0.25, 0.3) is 5.82 Å². The molecule has 2 aromatic rings. The number of nitrogen functional groups attached to an aromatic ring is 1. The average molecular weight is 207 g/mol. The van der Waals surface area contributed by atoms with Crippen LogP contribution in [0.4, 0.5) is 5.82 Å². The Morgan fingerprint density at radius 1 is 1.53 bits per heavy atom. The highest BCUT2D eigenvalue weighted by Crippen LogP contribution is 2.38. The van der Waals surface area contributed by atoms with Gasteiger partial charge in [0.25, 0.3) is 5.88 Å². The van der Waals surface area contributed by atoms with Gasteiger partial charge in [0.15, 0.2) is 11.6 Å². The number of anilines is 1. The fraction of sp³-hybridized carbons (Fsp3) is 0.250. The molecule has 0 atom stereocenters. The Bertz CT molecular complexity index is 515. The fourth-order valence-electron chi connectivity index (χ4n) is 1.48. The van der Waals surface area contributed by atoms with Crippen LogP contribution >= 0.6 is 0 Å². The van der Waals surface area contributed by atoms with Gasteiger partial charge in [-0.3, -0.25) is 5.10 Å². The zero-order valence-corrected chi connectivity index (χ0v) is 8.02. The molecular weight excluding hydrogens is 198 g/mol. The van der Waals surface area contributed by atoms with Crippen molar-refractivity contribution in [3.05, 3.63) is 11.8 Å². The first-order valence-electron chi connectivity index (χ1n) is 4.42. The van der Waals surface area contributed by atoms with Crippen LogP contribution in [-0.2, 0) is 0 Å². The van der Waals surface area contributed by atoms with Gasteiger partial charge in [-0.15, -0.1) is 5.10 Å². The van der Waals surface area contributed by atoms with Gasteiger partial charge in [-0.25, -0.2) is 0 Å². The van der Waals surface area contributed by atoms with E-state index in [-0.39, 0.29) is 6.79 Å². The Balaban J connectivity index is 2.17. The highest BCUT2D eigenvalue weighted by molar-refractivity contribution is 5.56. The molecule has 0 aliphatic carbocycles. The van der Waals surface area contributed by atoms with E-state index < -0.39 is 0 Å². The third kappa shape index (κ3) is 1.06. The van der Waals surface area contributed by atoms with E-state index in [9.17, 15) is 0 Å². The number of nitrogens with zero attached hydrogens (tertiary/aromatic N) is 3. The van der Waals surface area contributed by atoms with Crippen molar-refractivity contribution < 1.29 is 9.47 Å². The number of ether oxygens (including phenoxy) is 2. The SMILES string of the molecule is Cc1cc(-n2nc(N)c3c2OCO3)n[nH]1. The molecule has 0 radical (unpaired) electrons. The minimum Gasteiger partial charge on any atom is -0.448 e. The normalized spacial score (nSPS) is 13.4. The summed E-state index contributed by atoms with van der Waals surface area (Å²) >= 11 is 0. The van der Waals surface area contributed by atoms with E-state index in [1.807, 2.05) is 13.0 Å². The highest BCUT2D eigenvalue weighted by Gasteiger charge is 2.26. The molecule has 7 nitrogen and oxygen atoms in total. The second-order valence-electron chi connectivity index (χ2n) is 3.25. The molecule has 0 amide bonds. The molecule has 3 N–H and O–H groups in total. The van der Waals surface area contributed by atoms with Crippen LogP contribution in [0.3, 0.4) is 0 Å². The molecule has 1 aliphatic rings. The van der Waals surface area contributed by atoms with Gasteiger partial charge in [-0.2, -0.15) is 9.78 Å². The number of aryl methyl sites for hydroxylation is 1. The highest BCUT2D eigenvalue weighted by atomic mass is 16.7. The smallest absolute Gasteiger partial charge is 0.267 e. The molecule has 15 heavy (non-hydrogen) atoms. The van der Waals surface area contributed by atoms with Crippen molar-refractivity contribution in [2.24, 2.45) is 0 Å². The van der Waals surface area contributed by atoms with Crippen molar-refractivity contribution in [2.45, 2.75) is 6.92 Å². The molecule has 2 aromatic heterocycles. The Hall–Kier alpha value is -2.18. The number of aromatic nitrogens is 4. The van der Waals surface area contributed by atoms with E-state index in [2.05, 4.69) is 15.3 Å². The maximum Gasteiger partial charge on any atom is 0.267 e. The lowest BCUT2D eigenvalue weighted by atomic mass is 10.5. The van der Waals surface area contributed by atoms with E-state index in [1.165, 1.54) is 4.68 Å². The third-order valence-corrected chi connectivity index (χ3v) is 2.14. The monoisotopic (exact) mass is 207 g/mol. The first-order valence-corrected chi connectivity index (χ1v) is 4.42. The van der Waals surface area contributed by atoms with Gasteiger partial charge in [-0.05, 0) is 6.92 Å². The minimum absolute atomic E-state index is 0.167. The molecule has 0 aromatic carbocycles. The van der Waals surface area contributed by atoms with Gasteiger partial charge < -0.3 is 15.2 Å². The Morgan fingerprint density at radius 2 is 2.40 bits per heavy atom. The summed E-state index contributed by atoms with van der Waals surface area (Å²) < 4.78 is 11.9. The summed E-state index contributed by atoms with van der Waals surface area (Å²) in [5.41, 5.74) is 6.60. The summed E-state index contributed by atoms with van der Waals surface area (Å²) in [4.78, 5) is 0. The quantitative estimate of drug-likeness (QED) is 0.697. The predicted octanol–water partition coefficient (Wildman–Crippen LogP) is 0.215. The molecule has 0 saturated heterocycles. The number of H-pyrrole nitrogens is 1. The number of fused-ring (bicyclic) bond motifs is 1. The van der Waals surface area contributed by atoms with Crippen LogP contribution in [0.15, 0.2) is 6.07 Å². The standard InChI is InChI=1S/C8H9N5O2/c1-4-2-5(11-10-4)13-8-6(7(9)12-13)14-3-15-8/h2H,3H2,1H3,(H2,9,12)(H,10,11). The van der Waals surface area contributed by atoms with Crippen LogP contribution in [0, 0.1) is 6.92 Å². The van der Waals surface area contributed by atoms with Gasteiger partial charge in [0.2, 0.25) is 12.5 Å². The summed E-state index contributed by atoms with van der Waals surface area (Å²) in [6.07, 6.45) is 0. The number of rotatable bonds is 1. The van der Waals surface area contributed by atoms with Crippen LogP contribution in [0.2, 0.25) is 0 Å². The molecule has 3 heterocycles. The molecular formula is C8H9N5O2. The molecule has 0 spiro atoms. The molecule has 7 heteroatoms. The van der Waals surface area contributed by atoms with Crippen LogP contribution in [0.1, 0.15) is 5.69 Å². The Labute approximate surface area is 84.8 Å². The van der Waals surface area contributed by atoms with Crippen molar-refractivity contribution in [2.75, 3.05) is 12.5 Å². The lowest BCUT2D eigenvalue weighted by Gasteiger charge is -1.98. The average Bonchev–Trinajstić information content (AvgIpc) is 2.84. The van der Waals surface area contributed by atoms with Crippen LogP contribution in [-0.4, -0.2) is 26.8 Å². The van der Waals surface area contributed by atoms with E-state index >= 15 is 0 Å². The van der Waals surface area contributed by atoms with Crippen molar-refractivity contribution >= 4 is 5.82 Å². The second-order valence-corrected chi connectivity index (χ2v) is 3.25. The van der Waals surface area contributed by atoms with Gasteiger partial charge >= 0.3 is 0 Å². The van der Waals surface area contributed by atoms with E-state index in [4.69, 9.17) is 15.2 Å². The lowest BCUT2D eigenvalue weighted by molar-refractivity contribution is 0.166. The minimum atomic E-state index is 0.167. The van der Waals surface area contributed by atoms with Crippen LogP contribution < -0.4 is 15.2 Å². The number of hydrogen-bond acceptors (Lipinski definition) is 5. The van der Waals surface area contributed by atoms with E-state index in [0.29, 0.717) is 23.3 Å². The second kappa shape index (κ2) is 2.66. The Morgan fingerprint density at radius 3 is 3.13 bits per heavy atom. The largest absolute Gasteiger partial charge is 0.448 e. The molecule has 78 valence electrons. The first-order chi connectivity index (χ1) is 7.25. The predicted molar refractivity (Wildman–Crippen MR) is 51.0 cm³/mol. The van der Waals surface area contributed by atoms with Crippen molar-refractivity contribution in [3.8, 4) is 17.4 Å². The first kappa shape index (κ1) is 8.16. The van der Waals surface area contributed by atoms with Gasteiger partial charge in [0.1, 0.15) is 0 Å². The zero-order valence-electron chi connectivity index (χ0n) is 8.02. The lowest BCUT2D eigenvalue weighted by Crippen LogP contribution is -2.04. The van der Waals surface area contributed by atoms with E-state index in [0.717, 1.165) is 5.69 Å². The molecule has 0 unspecified atom stereocenters. The number of aromatic amines is 1. The van der Waals surface area contributed by atoms with Crippen LogP contribution in [0.5, 0.6) is 11.6 Å².